The van der Waals surface area contributed by atoms with Crippen LogP contribution >= 0.6 is 11.6 Å². The van der Waals surface area contributed by atoms with Crippen molar-refractivity contribution in [1.29, 1.82) is 0 Å². The smallest absolute Gasteiger partial charge is 0.258 e. The van der Waals surface area contributed by atoms with E-state index in [9.17, 15) is 4.79 Å². The minimum absolute atomic E-state index is 0.167. The summed E-state index contributed by atoms with van der Waals surface area (Å²) in [6.07, 6.45) is 1.54. The van der Waals surface area contributed by atoms with Crippen molar-refractivity contribution >= 4 is 11.6 Å². The Kier molecular flexibility index (Phi) is 1.58. The minimum atomic E-state index is -0.167. The van der Waals surface area contributed by atoms with Crippen LogP contribution in [0.25, 0.3) is 0 Å². The molecule has 1 aromatic heterocycles. The summed E-state index contributed by atoms with van der Waals surface area (Å²) in [6.45, 7) is 0. The van der Waals surface area contributed by atoms with Crippen molar-refractivity contribution in [2.45, 2.75) is 0 Å². The number of aryl methyl sites for hydroxylation is 1. The molecule has 0 N–H and O–H groups in total. The molecule has 0 atom stereocenters. The SMILES string of the molecule is Cn1cc(Cl)c[c]c1=O. The second-order valence-corrected chi connectivity index (χ2v) is 2.16. The van der Waals surface area contributed by atoms with Gasteiger partial charge >= 0.3 is 0 Å². The fourth-order valence-corrected chi connectivity index (χ4v) is 0.714. The first-order chi connectivity index (χ1) is 4.20. The Morgan fingerprint density at radius 2 is 2.44 bits per heavy atom. The Bertz CT molecular complexity index is 266. The van der Waals surface area contributed by atoms with Crippen LogP contribution in [0, 0.1) is 6.07 Å². The highest BCUT2D eigenvalue weighted by Gasteiger charge is 1.88. The lowest BCUT2D eigenvalue weighted by atomic mass is 10.5. The number of aromatic nitrogens is 1. The van der Waals surface area contributed by atoms with Gasteiger partial charge in [-0.1, -0.05) is 11.6 Å². The lowest BCUT2D eigenvalue weighted by Crippen LogP contribution is -2.13. The van der Waals surface area contributed by atoms with E-state index in [-0.39, 0.29) is 5.56 Å². The monoisotopic (exact) mass is 142 g/mol. The van der Waals surface area contributed by atoms with Gasteiger partial charge in [0.15, 0.2) is 0 Å². The summed E-state index contributed by atoms with van der Waals surface area (Å²) in [5, 5.41) is 0.525. The van der Waals surface area contributed by atoms with E-state index in [1.54, 1.807) is 13.2 Å². The predicted octanol–water partition coefficient (Wildman–Crippen LogP) is 0.839. The van der Waals surface area contributed by atoms with Crippen molar-refractivity contribution in [3.05, 3.63) is 33.7 Å². The Morgan fingerprint density at radius 3 is 2.89 bits per heavy atom. The zero-order valence-electron chi connectivity index (χ0n) is 4.89. The van der Waals surface area contributed by atoms with Crippen molar-refractivity contribution in [3.63, 3.8) is 0 Å². The normalized spacial score (nSPS) is 9.56. The molecule has 1 heterocycles. The van der Waals surface area contributed by atoms with Gasteiger partial charge in [-0.2, -0.15) is 0 Å². The van der Waals surface area contributed by atoms with E-state index < -0.39 is 0 Å². The number of pyridine rings is 1. The van der Waals surface area contributed by atoms with E-state index in [4.69, 9.17) is 11.6 Å². The van der Waals surface area contributed by atoms with Crippen LogP contribution in [-0.4, -0.2) is 4.57 Å². The van der Waals surface area contributed by atoms with Crippen LogP contribution in [-0.2, 0) is 7.05 Å². The summed E-state index contributed by atoms with van der Waals surface area (Å²) in [6, 6.07) is 3.89. The average molecular weight is 143 g/mol. The van der Waals surface area contributed by atoms with E-state index in [1.807, 2.05) is 0 Å². The summed E-state index contributed by atoms with van der Waals surface area (Å²) >= 11 is 5.53. The Balaban J connectivity index is 3.34. The first kappa shape index (κ1) is 6.36. The van der Waals surface area contributed by atoms with Gasteiger partial charge in [0.05, 0.1) is 11.1 Å². The van der Waals surface area contributed by atoms with E-state index in [2.05, 4.69) is 6.07 Å². The van der Waals surface area contributed by atoms with Crippen molar-refractivity contribution in [1.82, 2.24) is 4.57 Å². The number of hydrogen-bond acceptors (Lipinski definition) is 1. The molecular formula is C6H5ClNO. The quantitative estimate of drug-likeness (QED) is 0.526. The Hall–Kier alpha value is -0.760. The van der Waals surface area contributed by atoms with Gasteiger partial charge in [0, 0.05) is 13.2 Å². The lowest BCUT2D eigenvalue weighted by molar-refractivity contribution is 0.858. The standard InChI is InChI=1S/C6H5ClNO/c1-8-4-5(7)2-3-6(8)9/h2,4H,1H3. The Morgan fingerprint density at radius 1 is 1.78 bits per heavy atom. The lowest BCUT2D eigenvalue weighted by Gasteiger charge is -1.92. The van der Waals surface area contributed by atoms with E-state index in [0.29, 0.717) is 5.02 Å². The third-order valence-corrected chi connectivity index (χ3v) is 1.18. The molecule has 0 saturated carbocycles. The summed E-state index contributed by atoms with van der Waals surface area (Å²) < 4.78 is 1.38. The van der Waals surface area contributed by atoms with Crippen LogP contribution in [0.4, 0.5) is 0 Å². The molecule has 1 aromatic rings. The molecule has 0 saturated heterocycles. The fourth-order valence-electron chi connectivity index (χ4n) is 0.513. The van der Waals surface area contributed by atoms with Gasteiger partial charge in [-0.15, -0.1) is 0 Å². The molecule has 0 aliphatic carbocycles. The number of rotatable bonds is 0. The highest BCUT2D eigenvalue weighted by atomic mass is 35.5. The second-order valence-electron chi connectivity index (χ2n) is 1.72. The maximum Gasteiger partial charge on any atom is 0.258 e. The van der Waals surface area contributed by atoms with Crippen LogP contribution in [0.3, 0.4) is 0 Å². The largest absolute Gasteiger partial charge is 0.317 e. The third-order valence-electron chi connectivity index (χ3n) is 0.971. The van der Waals surface area contributed by atoms with Gasteiger partial charge in [-0.25, -0.2) is 0 Å². The second kappa shape index (κ2) is 2.23. The zero-order valence-corrected chi connectivity index (χ0v) is 5.64. The minimum Gasteiger partial charge on any atom is -0.317 e. The topological polar surface area (TPSA) is 22.0 Å². The zero-order chi connectivity index (χ0) is 6.85. The molecule has 0 aliphatic heterocycles. The van der Waals surface area contributed by atoms with Gasteiger partial charge < -0.3 is 4.57 Å². The molecule has 0 aromatic carbocycles. The van der Waals surface area contributed by atoms with Crippen LogP contribution in [0.2, 0.25) is 5.02 Å². The first-order valence-electron chi connectivity index (χ1n) is 2.44. The van der Waals surface area contributed by atoms with E-state index >= 15 is 0 Å². The van der Waals surface area contributed by atoms with Gasteiger partial charge in [-0.05, 0) is 6.07 Å². The summed E-state index contributed by atoms with van der Waals surface area (Å²) in [5.74, 6) is 0. The van der Waals surface area contributed by atoms with Gasteiger partial charge in [-0.3, -0.25) is 4.79 Å². The number of nitrogens with zero attached hydrogens (tertiary/aromatic N) is 1. The molecule has 47 valence electrons. The molecule has 2 nitrogen and oxygen atoms in total. The highest BCUT2D eigenvalue weighted by Crippen LogP contribution is 2.00. The van der Waals surface area contributed by atoms with Crippen LogP contribution in [0.5, 0.6) is 0 Å². The van der Waals surface area contributed by atoms with Crippen LogP contribution < -0.4 is 5.56 Å². The van der Waals surface area contributed by atoms with E-state index in [1.165, 1.54) is 10.6 Å². The van der Waals surface area contributed by atoms with Crippen molar-refractivity contribution in [2.24, 2.45) is 7.05 Å². The Labute approximate surface area is 57.7 Å². The third kappa shape index (κ3) is 1.33. The summed E-state index contributed by atoms with van der Waals surface area (Å²) in [7, 11) is 1.63. The highest BCUT2D eigenvalue weighted by molar-refractivity contribution is 6.30. The maximum absolute atomic E-state index is 10.6. The molecule has 0 unspecified atom stereocenters. The fraction of sp³-hybridized carbons (Fsp3) is 0.167. The molecule has 0 bridgehead atoms. The molecule has 1 radical (unpaired) electrons. The summed E-state index contributed by atoms with van der Waals surface area (Å²) in [4.78, 5) is 10.6. The molecular weight excluding hydrogens is 138 g/mol. The summed E-state index contributed by atoms with van der Waals surface area (Å²) in [5.41, 5.74) is -0.167. The molecule has 0 fully saturated rings. The van der Waals surface area contributed by atoms with Gasteiger partial charge in [0.25, 0.3) is 5.56 Å². The van der Waals surface area contributed by atoms with Crippen molar-refractivity contribution < 1.29 is 0 Å². The molecule has 3 heteroatoms. The first-order valence-corrected chi connectivity index (χ1v) is 2.82. The molecule has 9 heavy (non-hydrogen) atoms. The number of hydrogen-bond donors (Lipinski definition) is 0. The maximum atomic E-state index is 10.6. The molecule has 1 rings (SSSR count). The van der Waals surface area contributed by atoms with Crippen molar-refractivity contribution in [2.75, 3.05) is 0 Å². The van der Waals surface area contributed by atoms with Gasteiger partial charge in [0.1, 0.15) is 0 Å². The predicted molar refractivity (Wildman–Crippen MR) is 35.5 cm³/mol. The van der Waals surface area contributed by atoms with Gasteiger partial charge in [0.2, 0.25) is 0 Å². The van der Waals surface area contributed by atoms with Crippen LogP contribution in [0.15, 0.2) is 17.1 Å². The van der Waals surface area contributed by atoms with E-state index in [0.717, 1.165) is 0 Å². The molecule has 0 spiro atoms. The molecule has 0 amide bonds. The average Bonchev–Trinajstić information content (AvgIpc) is 1.80. The number of halogens is 1. The van der Waals surface area contributed by atoms with Crippen molar-refractivity contribution in [3.8, 4) is 0 Å². The molecule has 0 aliphatic rings. The van der Waals surface area contributed by atoms with Crippen LogP contribution in [0.1, 0.15) is 0 Å².